The highest BCUT2D eigenvalue weighted by Gasteiger charge is 2.26. The Hall–Kier alpha value is -4.05. The molecule has 0 saturated carbocycles. The van der Waals surface area contributed by atoms with E-state index < -0.39 is 0 Å². The Morgan fingerprint density at radius 1 is 1.18 bits per heavy atom. The molecule has 1 amide bonds. The lowest BCUT2D eigenvalue weighted by Crippen LogP contribution is -2.39. The SMILES string of the molecule is Cc1c(C(=O)CN2CCC(O)CC2)c2ncc(CCC(=O)NCCCC#N)cc2n1-c1ccc(C#N)cc1. The average molecular weight is 513 g/mol. The highest BCUT2D eigenvalue weighted by atomic mass is 16.3. The van der Waals surface area contributed by atoms with E-state index in [0.717, 1.165) is 22.5 Å². The predicted octanol–water partition coefficient (Wildman–Crippen LogP) is 3.20. The number of hydrogen-bond donors (Lipinski definition) is 2. The lowest BCUT2D eigenvalue weighted by Gasteiger charge is -2.28. The van der Waals surface area contributed by atoms with Crippen molar-refractivity contribution in [3.63, 3.8) is 0 Å². The second-order valence-electron chi connectivity index (χ2n) is 9.71. The number of piperidine rings is 1. The molecule has 1 saturated heterocycles. The van der Waals surface area contributed by atoms with E-state index in [9.17, 15) is 20.0 Å². The van der Waals surface area contributed by atoms with Gasteiger partial charge in [0.15, 0.2) is 5.78 Å². The summed E-state index contributed by atoms with van der Waals surface area (Å²) in [5.41, 5.74) is 4.96. The normalized spacial score (nSPS) is 14.2. The number of hydrogen-bond acceptors (Lipinski definition) is 7. The number of aliphatic hydroxyl groups excluding tert-OH is 1. The van der Waals surface area contributed by atoms with E-state index in [4.69, 9.17) is 10.2 Å². The molecule has 1 aromatic carbocycles. The molecule has 4 rings (SSSR count). The number of nitrogens with zero attached hydrogens (tertiary/aromatic N) is 5. The van der Waals surface area contributed by atoms with Gasteiger partial charge in [-0.15, -0.1) is 0 Å². The van der Waals surface area contributed by atoms with Crippen molar-refractivity contribution in [1.29, 1.82) is 10.5 Å². The molecule has 0 unspecified atom stereocenters. The highest BCUT2D eigenvalue weighted by molar-refractivity contribution is 6.09. The van der Waals surface area contributed by atoms with E-state index in [1.54, 1.807) is 18.3 Å². The number of carbonyl (C=O) groups excluding carboxylic acids is 2. The van der Waals surface area contributed by atoms with Gasteiger partial charge in [0.25, 0.3) is 0 Å². The fraction of sp³-hybridized carbons (Fsp3) is 0.414. The number of fused-ring (bicyclic) bond motifs is 1. The average Bonchev–Trinajstić information content (AvgIpc) is 3.22. The minimum Gasteiger partial charge on any atom is -0.393 e. The van der Waals surface area contributed by atoms with E-state index >= 15 is 0 Å². The number of benzene rings is 1. The summed E-state index contributed by atoms with van der Waals surface area (Å²) in [6, 6.07) is 13.4. The molecule has 0 atom stereocenters. The fourth-order valence-corrected chi connectivity index (χ4v) is 4.91. The quantitative estimate of drug-likeness (QED) is 0.315. The number of unbranched alkanes of at least 4 members (excludes halogenated alkanes) is 1. The number of aromatic nitrogens is 2. The fourth-order valence-electron chi connectivity index (χ4n) is 4.91. The van der Waals surface area contributed by atoms with Crippen LogP contribution in [0, 0.1) is 29.6 Å². The van der Waals surface area contributed by atoms with Crippen molar-refractivity contribution < 1.29 is 14.7 Å². The molecule has 9 heteroatoms. The number of carbonyl (C=O) groups is 2. The summed E-state index contributed by atoms with van der Waals surface area (Å²) in [6.07, 6.45) is 4.56. The molecule has 196 valence electrons. The topological polar surface area (TPSA) is 135 Å². The first kappa shape index (κ1) is 27.0. The number of rotatable bonds is 10. The smallest absolute Gasteiger partial charge is 0.220 e. The first-order chi connectivity index (χ1) is 18.4. The summed E-state index contributed by atoms with van der Waals surface area (Å²) < 4.78 is 1.99. The standard InChI is InChI=1S/C29H32N6O3/c1-20-28(26(37)19-34-14-10-24(36)11-15-34)29-25(35(20)23-7-4-21(17-31)5-8-23)16-22(18-33-29)6-9-27(38)32-13-3-2-12-30/h4-5,7-8,16,18,24,36H,2-3,6,9-11,13-15,19H2,1H3,(H,32,38). The van der Waals surface area contributed by atoms with E-state index in [1.165, 1.54) is 0 Å². The highest BCUT2D eigenvalue weighted by Crippen LogP contribution is 2.30. The second-order valence-corrected chi connectivity index (χ2v) is 9.71. The van der Waals surface area contributed by atoms with Crippen LogP contribution in [0.5, 0.6) is 0 Å². The lowest BCUT2D eigenvalue weighted by molar-refractivity contribution is -0.121. The Balaban J connectivity index is 1.63. The summed E-state index contributed by atoms with van der Waals surface area (Å²) in [5, 5.41) is 30.5. The van der Waals surface area contributed by atoms with Crippen LogP contribution in [0.2, 0.25) is 0 Å². The molecule has 3 heterocycles. The van der Waals surface area contributed by atoms with Gasteiger partial charge in [0, 0.05) is 50.1 Å². The lowest BCUT2D eigenvalue weighted by atomic mass is 10.1. The zero-order valence-corrected chi connectivity index (χ0v) is 21.6. The number of nitrogens with one attached hydrogen (secondary N) is 1. The van der Waals surface area contributed by atoms with Gasteiger partial charge in [-0.3, -0.25) is 19.5 Å². The Morgan fingerprint density at radius 3 is 2.61 bits per heavy atom. The van der Waals surface area contributed by atoms with Crippen LogP contribution in [0.1, 0.15) is 59.3 Å². The van der Waals surface area contributed by atoms with Crippen molar-refractivity contribution in [1.82, 2.24) is 19.8 Å². The molecule has 3 aromatic rings. The maximum Gasteiger partial charge on any atom is 0.220 e. The Bertz CT molecular complexity index is 1390. The zero-order chi connectivity index (χ0) is 27.1. The number of likely N-dealkylation sites (tertiary alicyclic amines) is 1. The molecular weight excluding hydrogens is 480 g/mol. The Labute approximate surface area is 222 Å². The number of pyridine rings is 1. The number of Topliss-reactive ketones (excluding diaryl/α,β-unsaturated/α-hetero) is 1. The van der Waals surface area contributed by atoms with Crippen molar-refractivity contribution in [3.05, 3.63) is 58.9 Å². The zero-order valence-electron chi connectivity index (χ0n) is 21.6. The molecule has 0 bridgehead atoms. The van der Waals surface area contributed by atoms with Crippen LogP contribution in [0.4, 0.5) is 0 Å². The molecule has 38 heavy (non-hydrogen) atoms. The van der Waals surface area contributed by atoms with Gasteiger partial charge in [-0.2, -0.15) is 10.5 Å². The van der Waals surface area contributed by atoms with Gasteiger partial charge in [0.2, 0.25) is 5.91 Å². The molecule has 1 aliphatic rings. The number of nitriles is 2. The molecule has 0 radical (unpaired) electrons. The van der Waals surface area contributed by atoms with Gasteiger partial charge in [-0.05, 0) is 68.5 Å². The molecule has 1 aliphatic heterocycles. The maximum absolute atomic E-state index is 13.5. The Morgan fingerprint density at radius 2 is 1.92 bits per heavy atom. The summed E-state index contributed by atoms with van der Waals surface area (Å²) in [6.45, 7) is 4.00. The molecule has 2 N–H and O–H groups in total. The van der Waals surface area contributed by atoms with E-state index in [-0.39, 0.29) is 24.3 Å². The molecule has 0 aliphatic carbocycles. The van der Waals surface area contributed by atoms with Crippen LogP contribution in [0.15, 0.2) is 36.5 Å². The van der Waals surface area contributed by atoms with Crippen molar-refractivity contribution in [2.75, 3.05) is 26.2 Å². The van der Waals surface area contributed by atoms with Crippen LogP contribution in [-0.2, 0) is 11.2 Å². The van der Waals surface area contributed by atoms with Gasteiger partial charge >= 0.3 is 0 Å². The third kappa shape index (κ3) is 6.25. The van der Waals surface area contributed by atoms with Crippen LogP contribution in [-0.4, -0.2) is 63.5 Å². The first-order valence-electron chi connectivity index (χ1n) is 13.0. The summed E-state index contributed by atoms with van der Waals surface area (Å²) in [5.74, 6) is -0.0995. The largest absolute Gasteiger partial charge is 0.393 e. The number of amides is 1. The van der Waals surface area contributed by atoms with Gasteiger partial charge < -0.3 is 15.0 Å². The maximum atomic E-state index is 13.5. The molecule has 9 nitrogen and oxygen atoms in total. The third-order valence-corrected chi connectivity index (χ3v) is 6.99. The van der Waals surface area contributed by atoms with Gasteiger partial charge in [0.05, 0.1) is 46.9 Å². The molecule has 0 spiro atoms. The van der Waals surface area contributed by atoms with Crippen LogP contribution >= 0.6 is 0 Å². The van der Waals surface area contributed by atoms with Crippen molar-refractivity contribution in [2.24, 2.45) is 0 Å². The van der Waals surface area contributed by atoms with Crippen molar-refractivity contribution >= 4 is 22.7 Å². The van der Waals surface area contributed by atoms with Crippen molar-refractivity contribution in [3.8, 4) is 17.8 Å². The van der Waals surface area contributed by atoms with E-state index in [1.807, 2.05) is 29.7 Å². The second kappa shape index (κ2) is 12.5. The van der Waals surface area contributed by atoms with Crippen molar-refractivity contribution in [2.45, 2.75) is 51.6 Å². The summed E-state index contributed by atoms with van der Waals surface area (Å²) >= 11 is 0. The van der Waals surface area contributed by atoms with Crippen LogP contribution in [0.3, 0.4) is 0 Å². The minimum atomic E-state index is -0.305. The Kier molecular flexibility index (Phi) is 8.85. The van der Waals surface area contributed by atoms with Crippen LogP contribution in [0.25, 0.3) is 16.7 Å². The number of aryl methyl sites for hydroxylation is 1. The third-order valence-electron chi connectivity index (χ3n) is 6.99. The molecular formula is C29H32N6O3. The predicted molar refractivity (Wildman–Crippen MR) is 143 cm³/mol. The molecule has 1 fully saturated rings. The van der Waals surface area contributed by atoms with E-state index in [0.29, 0.717) is 74.8 Å². The van der Waals surface area contributed by atoms with Crippen LogP contribution < -0.4 is 5.32 Å². The first-order valence-corrected chi connectivity index (χ1v) is 13.0. The monoisotopic (exact) mass is 512 g/mol. The molecule has 2 aromatic heterocycles. The van der Waals surface area contributed by atoms with E-state index in [2.05, 4.69) is 22.4 Å². The minimum absolute atomic E-state index is 0.0201. The van der Waals surface area contributed by atoms with Gasteiger partial charge in [-0.1, -0.05) is 0 Å². The number of ketones is 1. The summed E-state index contributed by atoms with van der Waals surface area (Å²) in [7, 11) is 0. The number of aliphatic hydroxyl groups is 1. The van der Waals surface area contributed by atoms with Gasteiger partial charge in [0.1, 0.15) is 0 Å². The van der Waals surface area contributed by atoms with Gasteiger partial charge in [-0.25, -0.2) is 0 Å². The summed E-state index contributed by atoms with van der Waals surface area (Å²) in [4.78, 5) is 32.6.